The van der Waals surface area contributed by atoms with Gasteiger partial charge in [-0.2, -0.15) is 0 Å². The number of Topliss-reactive ketones (excluding diaryl/α,β-unsaturated/α-hetero) is 2. The van der Waals surface area contributed by atoms with Gasteiger partial charge in [0.1, 0.15) is 33.8 Å². The van der Waals surface area contributed by atoms with E-state index in [2.05, 4.69) is 20.3 Å². The van der Waals surface area contributed by atoms with Crippen molar-refractivity contribution in [3.05, 3.63) is 75.7 Å². The van der Waals surface area contributed by atoms with Gasteiger partial charge in [0.15, 0.2) is 0 Å². The number of H-pyrrole nitrogens is 1. The number of hydrogen-bond acceptors (Lipinski definition) is 5. The van der Waals surface area contributed by atoms with Crippen molar-refractivity contribution in [3.8, 4) is 11.4 Å². The van der Waals surface area contributed by atoms with Crippen molar-refractivity contribution < 1.29 is 14.0 Å². The van der Waals surface area contributed by atoms with Crippen LogP contribution in [0.4, 0.5) is 10.1 Å². The number of aromatic amines is 1. The number of carbonyl (C=O) groups excluding carboxylic acids is 2. The number of anilines is 1. The molecule has 1 aliphatic rings. The van der Waals surface area contributed by atoms with Gasteiger partial charge in [-0.3, -0.25) is 14.6 Å². The molecule has 0 radical (unpaired) electrons. The number of halogens is 3. The number of nitrogens with zero attached hydrogens (tertiary/aromatic N) is 2. The van der Waals surface area contributed by atoms with E-state index in [0.717, 1.165) is 6.07 Å². The zero-order valence-electron chi connectivity index (χ0n) is 13.4. The molecule has 4 rings (SSSR count). The Morgan fingerprint density at radius 3 is 2.48 bits per heavy atom. The van der Waals surface area contributed by atoms with Crippen LogP contribution in [0.5, 0.6) is 0 Å². The molecule has 1 aliphatic carbocycles. The Kier molecular flexibility index (Phi) is 4.25. The Labute approximate surface area is 162 Å². The average Bonchev–Trinajstić information content (AvgIpc) is 3.13. The average molecular weight is 403 g/mol. The fourth-order valence-corrected chi connectivity index (χ4v) is 2.96. The number of hydrogen-bond donors (Lipinski definition) is 2. The van der Waals surface area contributed by atoms with Crippen molar-refractivity contribution in [2.75, 3.05) is 5.32 Å². The lowest BCUT2D eigenvalue weighted by Crippen LogP contribution is -2.24. The van der Waals surface area contributed by atoms with Gasteiger partial charge >= 0.3 is 0 Å². The zero-order valence-corrected chi connectivity index (χ0v) is 14.9. The van der Waals surface area contributed by atoms with Crippen LogP contribution >= 0.6 is 23.2 Å². The Hall–Kier alpha value is -3.03. The smallest absolute Gasteiger partial charge is 0.231 e. The van der Waals surface area contributed by atoms with Crippen LogP contribution in [0, 0.1) is 5.82 Å². The molecule has 0 amide bonds. The van der Waals surface area contributed by atoms with Crippen LogP contribution < -0.4 is 5.32 Å². The van der Waals surface area contributed by atoms with Crippen LogP contribution in [0.1, 0.15) is 21.0 Å². The molecule has 9 heteroatoms. The van der Waals surface area contributed by atoms with Crippen molar-refractivity contribution in [2.45, 2.75) is 0 Å². The van der Waals surface area contributed by atoms with Gasteiger partial charge < -0.3 is 10.3 Å². The van der Waals surface area contributed by atoms with Gasteiger partial charge in [-0.05, 0) is 30.3 Å². The van der Waals surface area contributed by atoms with Gasteiger partial charge in [-0.15, -0.1) is 0 Å². The maximum absolute atomic E-state index is 13.6. The number of imidazole rings is 1. The standard InChI is InChI=1S/C18H9Cl2FN4O2/c19-10-2-1-9(7-11(10)21)23-13-12(20)16(26)14-15(17(13)27)25-18(24-14)8-3-5-22-6-4-8/h1-7,23H,(H,24,25). The number of ketones is 2. The van der Waals surface area contributed by atoms with Gasteiger partial charge in [-0.25, -0.2) is 9.37 Å². The minimum absolute atomic E-state index is 0.00430. The third-order valence-corrected chi connectivity index (χ3v) is 4.60. The summed E-state index contributed by atoms with van der Waals surface area (Å²) < 4.78 is 13.6. The molecule has 1 aromatic carbocycles. The molecule has 0 spiro atoms. The summed E-state index contributed by atoms with van der Waals surface area (Å²) in [5, 5.41) is 2.30. The van der Waals surface area contributed by atoms with Gasteiger partial charge in [-0.1, -0.05) is 23.2 Å². The molecule has 0 bridgehead atoms. The molecule has 2 aromatic heterocycles. The van der Waals surface area contributed by atoms with E-state index in [-0.39, 0.29) is 32.8 Å². The van der Waals surface area contributed by atoms with E-state index in [4.69, 9.17) is 23.2 Å². The minimum Gasteiger partial charge on any atom is -0.351 e. The van der Waals surface area contributed by atoms with E-state index in [9.17, 15) is 14.0 Å². The van der Waals surface area contributed by atoms with E-state index in [1.54, 1.807) is 24.5 Å². The first kappa shape index (κ1) is 17.4. The van der Waals surface area contributed by atoms with Gasteiger partial charge in [0.25, 0.3) is 0 Å². The molecule has 2 heterocycles. The fourth-order valence-electron chi connectivity index (χ4n) is 2.62. The molecule has 0 saturated carbocycles. The van der Waals surface area contributed by atoms with Crippen LogP contribution in [-0.2, 0) is 0 Å². The highest BCUT2D eigenvalue weighted by atomic mass is 35.5. The lowest BCUT2D eigenvalue weighted by molar-refractivity contribution is 0.0977. The monoisotopic (exact) mass is 402 g/mol. The summed E-state index contributed by atoms with van der Waals surface area (Å²) in [6.45, 7) is 0. The summed E-state index contributed by atoms with van der Waals surface area (Å²) in [5.41, 5.74) is 0.645. The molecule has 134 valence electrons. The molecular weight excluding hydrogens is 394 g/mol. The topological polar surface area (TPSA) is 87.7 Å². The fraction of sp³-hybridized carbons (Fsp3) is 0. The van der Waals surface area contributed by atoms with Gasteiger partial charge in [0, 0.05) is 23.6 Å². The van der Waals surface area contributed by atoms with E-state index in [1.807, 2.05) is 0 Å². The highest BCUT2D eigenvalue weighted by Gasteiger charge is 2.35. The number of fused-ring (bicyclic) bond motifs is 1. The van der Waals surface area contributed by atoms with Crippen molar-refractivity contribution in [1.82, 2.24) is 15.0 Å². The number of pyridine rings is 1. The molecule has 0 aliphatic heterocycles. The van der Waals surface area contributed by atoms with E-state index >= 15 is 0 Å². The lowest BCUT2D eigenvalue weighted by atomic mass is 10.0. The second-order valence-corrected chi connectivity index (χ2v) is 6.43. The highest BCUT2D eigenvalue weighted by molar-refractivity contribution is 6.50. The number of aromatic nitrogens is 3. The second kappa shape index (κ2) is 6.61. The SMILES string of the molecule is O=C1C(Nc2ccc(Cl)c(F)c2)=C(Cl)C(=O)c2[nH]c(-c3ccncc3)nc21. The second-order valence-electron chi connectivity index (χ2n) is 5.65. The first-order valence-electron chi connectivity index (χ1n) is 7.67. The third-order valence-electron chi connectivity index (χ3n) is 3.93. The first-order chi connectivity index (χ1) is 13.0. The normalized spacial score (nSPS) is 13.7. The number of nitrogens with one attached hydrogen (secondary N) is 2. The molecule has 0 atom stereocenters. The van der Waals surface area contributed by atoms with Crippen molar-refractivity contribution in [1.29, 1.82) is 0 Å². The van der Waals surface area contributed by atoms with Crippen LogP contribution in [0.25, 0.3) is 11.4 Å². The Morgan fingerprint density at radius 2 is 1.78 bits per heavy atom. The van der Waals surface area contributed by atoms with Crippen molar-refractivity contribution >= 4 is 40.5 Å². The highest BCUT2D eigenvalue weighted by Crippen LogP contribution is 2.31. The van der Waals surface area contributed by atoms with Crippen molar-refractivity contribution in [3.63, 3.8) is 0 Å². The van der Waals surface area contributed by atoms with Crippen LogP contribution in [0.3, 0.4) is 0 Å². The molecule has 6 nitrogen and oxygen atoms in total. The molecule has 2 N–H and O–H groups in total. The maximum Gasteiger partial charge on any atom is 0.231 e. The number of carbonyl (C=O) groups is 2. The summed E-state index contributed by atoms with van der Waals surface area (Å²) >= 11 is 11.8. The van der Waals surface area contributed by atoms with Crippen LogP contribution in [0.2, 0.25) is 5.02 Å². The predicted molar refractivity (Wildman–Crippen MR) is 98.4 cm³/mol. The van der Waals surface area contributed by atoms with E-state index in [0.29, 0.717) is 11.4 Å². The molecule has 0 unspecified atom stereocenters. The van der Waals surface area contributed by atoms with Gasteiger partial charge in [0.2, 0.25) is 11.6 Å². The Morgan fingerprint density at radius 1 is 1.04 bits per heavy atom. The lowest BCUT2D eigenvalue weighted by Gasteiger charge is -2.15. The van der Waals surface area contributed by atoms with Crippen LogP contribution in [0.15, 0.2) is 53.5 Å². The number of allylic oxidation sites excluding steroid dienone is 2. The Bertz CT molecular complexity index is 1130. The van der Waals surface area contributed by atoms with Crippen molar-refractivity contribution in [2.24, 2.45) is 0 Å². The summed E-state index contributed by atoms with van der Waals surface area (Å²) in [7, 11) is 0. The number of benzene rings is 1. The predicted octanol–water partition coefficient (Wildman–Crippen LogP) is 4.21. The molecule has 0 fully saturated rings. The third kappa shape index (κ3) is 3.01. The first-order valence-corrected chi connectivity index (χ1v) is 8.43. The summed E-state index contributed by atoms with van der Waals surface area (Å²) in [6.07, 6.45) is 3.13. The molecule has 0 saturated heterocycles. The number of rotatable bonds is 3. The summed E-state index contributed by atoms with van der Waals surface area (Å²) in [5.74, 6) is -1.50. The molecule has 3 aromatic rings. The van der Waals surface area contributed by atoms with E-state index in [1.165, 1.54) is 12.1 Å². The zero-order chi connectivity index (χ0) is 19.1. The minimum atomic E-state index is -0.673. The van der Waals surface area contributed by atoms with E-state index < -0.39 is 17.4 Å². The summed E-state index contributed by atoms with van der Waals surface area (Å²) in [6, 6.07) is 7.25. The Balaban J connectivity index is 1.73. The van der Waals surface area contributed by atoms with Crippen LogP contribution in [-0.4, -0.2) is 26.5 Å². The largest absolute Gasteiger partial charge is 0.351 e. The quantitative estimate of drug-likeness (QED) is 0.684. The maximum atomic E-state index is 13.6. The van der Waals surface area contributed by atoms with Gasteiger partial charge in [0.05, 0.1) is 5.02 Å². The molecular formula is C18H9Cl2FN4O2. The molecule has 27 heavy (non-hydrogen) atoms. The summed E-state index contributed by atoms with van der Waals surface area (Å²) in [4.78, 5) is 36.3.